The maximum Gasteiger partial charge on any atom is 0.253 e. The van der Waals surface area contributed by atoms with E-state index in [1.807, 2.05) is 19.9 Å². The van der Waals surface area contributed by atoms with Gasteiger partial charge in [0.2, 0.25) is 0 Å². The number of thiophene rings is 1. The minimum atomic E-state index is -3.33. The molecule has 0 atom stereocenters. The Morgan fingerprint density at radius 1 is 1.33 bits per heavy atom. The van der Waals surface area contributed by atoms with Crippen LogP contribution in [0.4, 0.5) is 0 Å². The molecule has 0 radical (unpaired) electrons. The molecule has 0 aromatic carbocycles. The zero-order valence-corrected chi connectivity index (χ0v) is 14.8. The van der Waals surface area contributed by atoms with Crippen molar-refractivity contribution in [3.8, 4) is 0 Å². The van der Waals surface area contributed by atoms with E-state index in [1.165, 1.54) is 11.3 Å². The average molecular weight is 331 g/mol. The molecule has 2 rings (SSSR count). The number of rotatable bonds is 7. The standard InChI is InChI=1S/C15H26N2O2S2/c1-4-10-16-11-8-13-6-7-14(20-13)21(18,19)17-12-5-9-15(17,2)3/h6-7,16H,4-5,8-12H2,1-3H3. The predicted octanol–water partition coefficient (Wildman–Crippen LogP) is 2.85. The zero-order valence-electron chi connectivity index (χ0n) is 13.2. The predicted molar refractivity (Wildman–Crippen MR) is 88.4 cm³/mol. The molecule has 0 amide bonds. The van der Waals surface area contributed by atoms with Crippen molar-refractivity contribution < 1.29 is 8.42 Å². The summed E-state index contributed by atoms with van der Waals surface area (Å²) in [6.07, 6.45) is 3.90. The fourth-order valence-electron chi connectivity index (χ4n) is 2.78. The Morgan fingerprint density at radius 3 is 2.71 bits per heavy atom. The Hall–Kier alpha value is -0.430. The molecule has 1 aliphatic rings. The van der Waals surface area contributed by atoms with Crippen LogP contribution < -0.4 is 5.32 Å². The van der Waals surface area contributed by atoms with Gasteiger partial charge in [-0.3, -0.25) is 0 Å². The highest BCUT2D eigenvalue weighted by Crippen LogP contribution is 2.36. The van der Waals surface area contributed by atoms with Crippen LogP contribution in [0.5, 0.6) is 0 Å². The lowest BCUT2D eigenvalue weighted by molar-refractivity contribution is 0.292. The van der Waals surface area contributed by atoms with Crippen molar-refractivity contribution >= 4 is 21.4 Å². The van der Waals surface area contributed by atoms with Crippen LogP contribution in [0.25, 0.3) is 0 Å². The summed E-state index contributed by atoms with van der Waals surface area (Å²) in [4.78, 5) is 1.13. The van der Waals surface area contributed by atoms with Gasteiger partial charge in [-0.1, -0.05) is 6.92 Å². The van der Waals surface area contributed by atoms with Gasteiger partial charge in [0, 0.05) is 17.0 Å². The normalized spacial score (nSPS) is 19.2. The molecule has 1 aromatic heterocycles. The first-order valence-electron chi connectivity index (χ1n) is 7.70. The van der Waals surface area contributed by atoms with Gasteiger partial charge in [-0.15, -0.1) is 11.3 Å². The van der Waals surface area contributed by atoms with Crippen molar-refractivity contribution in [2.45, 2.75) is 56.2 Å². The molecule has 1 aromatic rings. The second-order valence-corrected chi connectivity index (χ2v) is 9.47. The lowest BCUT2D eigenvalue weighted by Gasteiger charge is -2.29. The summed E-state index contributed by atoms with van der Waals surface area (Å²) >= 11 is 1.42. The minimum Gasteiger partial charge on any atom is -0.316 e. The van der Waals surface area contributed by atoms with Crippen LogP contribution >= 0.6 is 11.3 Å². The van der Waals surface area contributed by atoms with Gasteiger partial charge in [-0.05, 0) is 64.8 Å². The van der Waals surface area contributed by atoms with E-state index in [-0.39, 0.29) is 5.54 Å². The second-order valence-electron chi connectivity index (χ2n) is 6.21. The van der Waals surface area contributed by atoms with Crippen LogP contribution in [-0.2, 0) is 16.4 Å². The summed E-state index contributed by atoms with van der Waals surface area (Å²) < 4.78 is 27.7. The fraction of sp³-hybridized carbons (Fsp3) is 0.733. The second kappa shape index (κ2) is 6.77. The third kappa shape index (κ3) is 3.86. The van der Waals surface area contributed by atoms with Crippen LogP contribution in [0.1, 0.15) is 44.9 Å². The summed E-state index contributed by atoms with van der Waals surface area (Å²) in [5, 5.41) is 3.35. The van der Waals surface area contributed by atoms with E-state index in [2.05, 4.69) is 12.2 Å². The lowest BCUT2D eigenvalue weighted by atomic mass is 10.0. The summed E-state index contributed by atoms with van der Waals surface area (Å²) in [6.45, 7) is 8.73. The van der Waals surface area contributed by atoms with Gasteiger partial charge in [0.05, 0.1) is 0 Å². The summed E-state index contributed by atoms with van der Waals surface area (Å²) in [7, 11) is -3.33. The largest absolute Gasteiger partial charge is 0.316 e. The Morgan fingerprint density at radius 2 is 2.10 bits per heavy atom. The van der Waals surface area contributed by atoms with E-state index in [1.54, 1.807) is 10.4 Å². The van der Waals surface area contributed by atoms with E-state index >= 15 is 0 Å². The van der Waals surface area contributed by atoms with Crippen molar-refractivity contribution in [3.63, 3.8) is 0 Å². The maximum absolute atomic E-state index is 12.8. The molecule has 120 valence electrons. The number of hydrogen-bond acceptors (Lipinski definition) is 4. The quantitative estimate of drug-likeness (QED) is 0.782. The third-order valence-corrected chi connectivity index (χ3v) is 7.70. The third-order valence-electron chi connectivity index (χ3n) is 3.98. The van der Waals surface area contributed by atoms with Crippen LogP contribution in [0.3, 0.4) is 0 Å². The number of nitrogens with zero attached hydrogens (tertiary/aromatic N) is 1. The molecule has 0 aliphatic carbocycles. The van der Waals surface area contributed by atoms with Gasteiger partial charge in [0.15, 0.2) is 0 Å². The summed E-state index contributed by atoms with van der Waals surface area (Å²) in [5.74, 6) is 0. The Labute approximate surface area is 132 Å². The Balaban J connectivity index is 2.06. The van der Waals surface area contributed by atoms with Crippen LogP contribution in [0.15, 0.2) is 16.3 Å². The molecule has 0 saturated carbocycles. The molecule has 0 spiro atoms. The van der Waals surface area contributed by atoms with E-state index in [4.69, 9.17) is 0 Å². The SMILES string of the molecule is CCCNCCc1ccc(S(=O)(=O)N2CCCC2(C)C)s1. The molecular weight excluding hydrogens is 304 g/mol. The van der Waals surface area contributed by atoms with Crippen molar-refractivity contribution in [2.75, 3.05) is 19.6 Å². The van der Waals surface area contributed by atoms with E-state index in [0.717, 1.165) is 43.6 Å². The first-order valence-corrected chi connectivity index (χ1v) is 9.96. The van der Waals surface area contributed by atoms with Gasteiger partial charge in [-0.2, -0.15) is 4.31 Å². The fourth-order valence-corrected chi connectivity index (χ4v) is 6.10. The van der Waals surface area contributed by atoms with Crippen molar-refractivity contribution in [1.29, 1.82) is 0 Å². The number of sulfonamides is 1. The van der Waals surface area contributed by atoms with Crippen LogP contribution in [-0.4, -0.2) is 37.9 Å². The van der Waals surface area contributed by atoms with Crippen molar-refractivity contribution in [3.05, 3.63) is 17.0 Å². The van der Waals surface area contributed by atoms with Gasteiger partial charge in [-0.25, -0.2) is 8.42 Å². The van der Waals surface area contributed by atoms with E-state index in [9.17, 15) is 8.42 Å². The molecule has 21 heavy (non-hydrogen) atoms. The van der Waals surface area contributed by atoms with Gasteiger partial charge < -0.3 is 5.32 Å². The van der Waals surface area contributed by atoms with Gasteiger partial charge >= 0.3 is 0 Å². The van der Waals surface area contributed by atoms with Crippen molar-refractivity contribution in [2.24, 2.45) is 0 Å². The number of hydrogen-bond donors (Lipinski definition) is 1. The molecule has 4 nitrogen and oxygen atoms in total. The monoisotopic (exact) mass is 330 g/mol. The molecule has 1 N–H and O–H groups in total. The minimum absolute atomic E-state index is 0.258. The molecule has 2 heterocycles. The van der Waals surface area contributed by atoms with E-state index < -0.39 is 10.0 Å². The molecule has 1 aliphatic heterocycles. The molecular formula is C15H26N2O2S2. The van der Waals surface area contributed by atoms with Crippen LogP contribution in [0, 0.1) is 0 Å². The van der Waals surface area contributed by atoms with Crippen LogP contribution in [0.2, 0.25) is 0 Å². The van der Waals surface area contributed by atoms with Crippen molar-refractivity contribution in [1.82, 2.24) is 9.62 Å². The van der Waals surface area contributed by atoms with E-state index in [0.29, 0.717) is 10.8 Å². The Kier molecular flexibility index (Phi) is 5.46. The zero-order chi connectivity index (χ0) is 15.5. The molecule has 1 fully saturated rings. The molecule has 6 heteroatoms. The van der Waals surface area contributed by atoms with Gasteiger partial charge in [0.25, 0.3) is 10.0 Å². The maximum atomic E-state index is 12.8. The lowest BCUT2D eigenvalue weighted by Crippen LogP contribution is -2.42. The molecule has 0 unspecified atom stereocenters. The molecule has 0 bridgehead atoms. The highest BCUT2D eigenvalue weighted by atomic mass is 32.2. The number of nitrogens with one attached hydrogen (secondary N) is 1. The average Bonchev–Trinajstić information content (AvgIpc) is 3.01. The summed E-state index contributed by atoms with van der Waals surface area (Å²) in [5.41, 5.74) is -0.258. The highest BCUT2D eigenvalue weighted by Gasteiger charge is 2.41. The Bertz CT molecular complexity index is 564. The highest BCUT2D eigenvalue weighted by molar-refractivity contribution is 7.91. The topological polar surface area (TPSA) is 49.4 Å². The van der Waals surface area contributed by atoms with Gasteiger partial charge in [0.1, 0.15) is 4.21 Å². The first kappa shape index (κ1) is 16.9. The summed E-state index contributed by atoms with van der Waals surface area (Å²) in [6, 6.07) is 3.72. The molecule has 1 saturated heterocycles. The first-order chi connectivity index (χ1) is 9.88. The smallest absolute Gasteiger partial charge is 0.253 e.